The zero-order chi connectivity index (χ0) is 20.2. The quantitative estimate of drug-likeness (QED) is 0.616. The summed E-state index contributed by atoms with van der Waals surface area (Å²) in [6, 6.07) is 12.0. The number of piperazine rings is 1. The molecule has 0 atom stereocenters. The topological polar surface area (TPSA) is 54.9 Å². The summed E-state index contributed by atoms with van der Waals surface area (Å²) in [7, 11) is 0. The van der Waals surface area contributed by atoms with Crippen LogP contribution in [-0.4, -0.2) is 55.2 Å². The first-order valence-corrected chi connectivity index (χ1v) is 10.4. The summed E-state index contributed by atoms with van der Waals surface area (Å²) in [6.07, 6.45) is 0. The second kappa shape index (κ2) is 8.65. The predicted molar refractivity (Wildman–Crippen MR) is 111 cm³/mol. The number of carbonyl (C=O) groups excluding carboxylic acids is 1. The predicted octanol–water partition coefficient (Wildman–Crippen LogP) is 3.56. The number of rotatable bonds is 6. The van der Waals surface area contributed by atoms with Crippen molar-refractivity contribution < 1.29 is 18.7 Å². The zero-order valence-electron chi connectivity index (χ0n) is 16.1. The smallest absolute Gasteiger partial charge is 0.260 e. The van der Waals surface area contributed by atoms with Crippen LogP contribution in [0, 0.1) is 5.82 Å². The fraction of sp³-hybridized carbons (Fsp3) is 0.333. The second-order valence-corrected chi connectivity index (χ2v) is 7.66. The lowest BCUT2D eigenvalue weighted by molar-refractivity contribution is -0.133. The van der Waals surface area contributed by atoms with Gasteiger partial charge in [-0.2, -0.15) is 0 Å². The molecule has 29 heavy (non-hydrogen) atoms. The molecular formula is C21H22FN3O3S. The van der Waals surface area contributed by atoms with Gasteiger partial charge in [0.25, 0.3) is 5.91 Å². The van der Waals surface area contributed by atoms with Gasteiger partial charge in [-0.15, -0.1) is 0 Å². The van der Waals surface area contributed by atoms with Crippen molar-refractivity contribution in [3.05, 3.63) is 48.3 Å². The number of fused-ring (bicyclic) bond motifs is 1. The highest BCUT2D eigenvalue weighted by Crippen LogP contribution is 2.32. The Morgan fingerprint density at radius 1 is 1.14 bits per heavy atom. The lowest BCUT2D eigenvalue weighted by Crippen LogP contribution is -2.50. The number of thiazole rings is 1. The third-order valence-corrected chi connectivity index (χ3v) is 5.83. The minimum atomic E-state index is -0.464. The lowest BCUT2D eigenvalue weighted by atomic mass is 10.3. The Balaban J connectivity index is 1.33. The molecule has 1 fully saturated rings. The van der Waals surface area contributed by atoms with E-state index >= 15 is 0 Å². The van der Waals surface area contributed by atoms with Gasteiger partial charge in [0.05, 0.1) is 16.8 Å². The Labute approximate surface area is 172 Å². The number of benzene rings is 2. The van der Waals surface area contributed by atoms with Crippen LogP contribution in [0.5, 0.6) is 11.5 Å². The minimum Gasteiger partial charge on any atom is -0.494 e. The summed E-state index contributed by atoms with van der Waals surface area (Å²) in [6.45, 7) is 4.99. The molecule has 1 saturated heterocycles. The van der Waals surface area contributed by atoms with Gasteiger partial charge in [0.2, 0.25) is 0 Å². The van der Waals surface area contributed by atoms with E-state index in [1.807, 2.05) is 25.1 Å². The monoisotopic (exact) mass is 415 g/mol. The molecule has 1 aromatic heterocycles. The molecule has 3 aromatic rings. The van der Waals surface area contributed by atoms with E-state index in [4.69, 9.17) is 14.5 Å². The fourth-order valence-electron chi connectivity index (χ4n) is 3.22. The number of amides is 1. The third-order valence-electron chi connectivity index (χ3n) is 4.75. The van der Waals surface area contributed by atoms with Gasteiger partial charge in [0.15, 0.2) is 23.3 Å². The van der Waals surface area contributed by atoms with E-state index in [0.717, 1.165) is 21.1 Å². The van der Waals surface area contributed by atoms with Crippen molar-refractivity contribution in [3.63, 3.8) is 0 Å². The number of nitrogens with zero attached hydrogens (tertiary/aromatic N) is 3. The van der Waals surface area contributed by atoms with E-state index < -0.39 is 5.82 Å². The van der Waals surface area contributed by atoms with Crippen molar-refractivity contribution in [2.24, 2.45) is 0 Å². The SMILES string of the molecule is CCOc1ccc2nc(N3CCN(C(=O)COc4ccccc4F)CC3)sc2c1. The maximum Gasteiger partial charge on any atom is 0.260 e. The average Bonchev–Trinajstić information content (AvgIpc) is 3.17. The summed E-state index contributed by atoms with van der Waals surface area (Å²) in [4.78, 5) is 21.0. The molecule has 1 aliphatic heterocycles. The number of para-hydroxylation sites is 1. The van der Waals surface area contributed by atoms with Crippen LogP contribution in [0.1, 0.15) is 6.92 Å². The van der Waals surface area contributed by atoms with Crippen LogP contribution in [0.25, 0.3) is 10.2 Å². The van der Waals surface area contributed by atoms with Gasteiger partial charge >= 0.3 is 0 Å². The maximum atomic E-state index is 13.6. The number of anilines is 1. The third kappa shape index (κ3) is 4.42. The number of hydrogen-bond donors (Lipinski definition) is 0. The summed E-state index contributed by atoms with van der Waals surface area (Å²) in [5, 5.41) is 0.948. The van der Waals surface area contributed by atoms with E-state index in [9.17, 15) is 9.18 Å². The molecule has 4 rings (SSSR count). The van der Waals surface area contributed by atoms with Gasteiger partial charge in [-0.25, -0.2) is 9.37 Å². The highest BCUT2D eigenvalue weighted by Gasteiger charge is 2.23. The normalized spacial score (nSPS) is 14.3. The average molecular weight is 415 g/mol. The summed E-state index contributed by atoms with van der Waals surface area (Å²) in [5.41, 5.74) is 0.949. The van der Waals surface area contributed by atoms with Gasteiger partial charge < -0.3 is 19.3 Å². The molecule has 2 aromatic carbocycles. The van der Waals surface area contributed by atoms with Crippen LogP contribution in [0.2, 0.25) is 0 Å². The zero-order valence-corrected chi connectivity index (χ0v) is 17.0. The standard InChI is InChI=1S/C21H22FN3O3S/c1-2-27-15-7-8-17-19(13-15)29-21(23-17)25-11-9-24(10-12-25)20(26)14-28-18-6-4-3-5-16(18)22/h3-8,13H,2,9-12,14H2,1H3. The number of carbonyl (C=O) groups is 1. The van der Waals surface area contributed by atoms with Crippen LogP contribution in [0.3, 0.4) is 0 Å². The van der Waals surface area contributed by atoms with Crippen molar-refractivity contribution in [3.8, 4) is 11.5 Å². The summed E-state index contributed by atoms with van der Waals surface area (Å²) < 4.78 is 25.6. The van der Waals surface area contributed by atoms with Gasteiger partial charge in [-0.1, -0.05) is 23.5 Å². The van der Waals surface area contributed by atoms with E-state index in [1.54, 1.807) is 28.4 Å². The van der Waals surface area contributed by atoms with Crippen LogP contribution in [-0.2, 0) is 4.79 Å². The van der Waals surface area contributed by atoms with Gasteiger partial charge in [0, 0.05) is 26.2 Å². The Morgan fingerprint density at radius 2 is 1.93 bits per heavy atom. The molecule has 8 heteroatoms. The number of ether oxygens (including phenoxy) is 2. The van der Waals surface area contributed by atoms with E-state index in [2.05, 4.69) is 4.90 Å². The molecular weight excluding hydrogens is 393 g/mol. The Hall–Kier alpha value is -2.87. The van der Waals surface area contributed by atoms with Gasteiger partial charge in [-0.05, 0) is 37.3 Å². The first kappa shape index (κ1) is 19.4. The molecule has 0 aliphatic carbocycles. The largest absolute Gasteiger partial charge is 0.494 e. The Kier molecular flexibility index (Phi) is 5.80. The molecule has 0 bridgehead atoms. The molecule has 0 N–H and O–H groups in total. The van der Waals surface area contributed by atoms with Crippen LogP contribution in [0.4, 0.5) is 9.52 Å². The minimum absolute atomic E-state index is 0.0976. The molecule has 152 valence electrons. The van der Waals surface area contributed by atoms with E-state index in [0.29, 0.717) is 32.8 Å². The fourth-order valence-corrected chi connectivity index (χ4v) is 4.27. The van der Waals surface area contributed by atoms with Crippen molar-refractivity contribution in [1.29, 1.82) is 0 Å². The molecule has 2 heterocycles. The van der Waals surface area contributed by atoms with Crippen LogP contribution >= 0.6 is 11.3 Å². The van der Waals surface area contributed by atoms with E-state index in [1.165, 1.54) is 12.1 Å². The molecule has 6 nitrogen and oxygen atoms in total. The van der Waals surface area contributed by atoms with Crippen molar-refractivity contribution in [1.82, 2.24) is 9.88 Å². The first-order chi connectivity index (χ1) is 14.1. The highest BCUT2D eigenvalue weighted by atomic mass is 32.1. The summed E-state index contributed by atoms with van der Waals surface area (Å²) >= 11 is 1.63. The number of aromatic nitrogens is 1. The number of hydrogen-bond acceptors (Lipinski definition) is 6. The maximum absolute atomic E-state index is 13.6. The highest BCUT2D eigenvalue weighted by molar-refractivity contribution is 7.22. The van der Waals surface area contributed by atoms with Crippen molar-refractivity contribution in [2.75, 3.05) is 44.3 Å². The molecule has 0 radical (unpaired) electrons. The first-order valence-electron chi connectivity index (χ1n) is 9.57. The summed E-state index contributed by atoms with van der Waals surface area (Å²) in [5.74, 6) is 0.341. The van der Waals surface area contributed by atoms with Crippen LogP contribution < -0.4 is 14.4 Å². The molecule has 1 amide bonds. The van der Waals surface area contributed by atoms with Gasteiger partial charge in [0.1, 0.15) is 5.75 Å². The van der Waals surface area contributed by atoms with Gasteiger partial charge in [-0.3, -0.25) is 4.79 Å². The molecule has 0 saturated carbocycles. The Morgan fingerprint density at radius 3 is 2.69 bits per heavy atom. The van der Waals surface area contributed by atoms with Crippen molar-refractivity contribution >= 4 is 32.6 Å². The number of halogens is 1. The molecule has 0 unspecified atom stereocenters. The molecule has 1 aliphatic rings. The van der Waals surface area contributed by atoms with Crippen molar-refractivity contribution in [2.45, 2.75) is 6.92 Å². The molecule has 0 spiro atoms. The lowest BCUT2D eigenvalue weighted by Gasteiger charge is -2.34. The Bertz CT molecular complexity index is 1000. The van der Waals surface area contributed by atoms with Crippen LogP contribution in [0.15, 0.2) is 42.5 Å². The van der Waals surface area contributed by atoms with E-state index in [-0.39, 0.29) is 18.3 Å². The second-order valence-electron chi connectivity index (χ2n) is 6.65.